The third kappa shape index (κ3) is 3.16. The smallest absolute Gasteiger partial charge is 0.255 e. The maximum Gasteiger partial charge on any atom is 0.255 e. The topological polar surface area (TPSA) is 80.5 Å². The van der Waals surface area contributed by atoms with Gasteiger partial charge < -0.3 is 10.6 Å². The van der Waals surface area contributed by atoms with Gasteiger partial charge in [0.25, 0.3) is 5.91 Å². The summed E-state index contributed by atoms with van der Waals surface area (Å²) in [5.74, 6) is -0.190. The summed E-state index contributed by atoms with van der Waals surface area (Å²) in [6.07, 6.45) is 1.89. The summed E-state index contributed by atoms with van der Waals surface area (Å²) in [4.78, 5) is 14.1. The highest BCUT2D eigenvalue weighted by molar-refractivity contribution is 9.10. The van der Waals surface area contributed by atoms with E-state index in [-0.39, 0.29) is 16.8 Å². The quantitative estimate of drug-likeness (QED) is 0.866. The first-order chi connectivity index (χ1) is 8.79. The molecule has 2 N–H and O–H groups in total. The molecule has 0 aromatic heterocycles. The summed E-state index contributed by atoms with van der Waals surface area (Å²) in [5, 5.41) is 0. The van der Waals surface area contributed by atoms with Crippen LogP contribution in [0.5, 0.6) is 0 Å². The number of likely N-dealkylation sites (tertiary alicyclic amines) is 1. The van der Waals surface area contributed by atoms with Crippen LogP contribution in [-0.4, -0.2) is 44.6 Å². The Morgan fingerprint density at radius 1 is 1.47 bits per heavy atom. The molecule has 1 heterocycles. The lowest BCUT2D eigenvalue weighted by molar-refractivity contribution is 0.0789. The zero-order valence-corrected chi connectivity index (χ0v) is 12.9. The highest BCUT2D eigenvalue weighted by atomic mass is 79.9. The Hall–Kier alpha value is -0.920. The molecule has 1 aliphatic heterocycles. The Balaban J connectivity index is 2.36. The molecule has 2 rings (SSSR count). The van der Waals surface area contributed by atoms with Gasteiger partial charge in [-0.3, -0.25) is 4.79 Å². The van der Waals surface area contributed by atoms with Crippen LogP contribution in [0.25, 0.3) is 0 Å². The second-order valence-electron chi connectivity index (χ2n) is 4.71. The fraction of sp³-hybridized carbons (Fsp3) is 0.417. The lowest BCUT2D eigenvalue weighted by Gasteiger charge is -2.17. The van der Waals surface area contributed by atoms with E-state index in [9.17, 15) is 13.2 Å². The van der Waals surface area contributed by atoms with Gasteiger partial charge in [0, 0.05) is 29.9 Å². The van der Waals surface area contributed by atoms with Crippen LogP contribution in [-0.2, 0) is 9.84 Å². The van der Waals surface area contributed by atoms with Crippen LogP contribution in [0.2, 0.25) is 0 Å². The van der Waals surface area contributed by atoms with Crippen molar-refractivity contribution in [1.82, 2.24) is 4.90 Å². The summed E-state index contributed by atoms with van der Waals surface area (Å²) >= 11 is 3.29. The van der Waals surface area contributed by atoms with E-state index >= 15 is 0 Å². The highest BCUT2D eigenvalue weighted by Crippen LogP contribution is 2.24. The fourth-order valence-electron chi connectivity index (χ4n) is 2.04. The first-order valence-corrected chi connectivity index (χ1v) is 8.52. The Morgan fingerprint density at radius 3 is 2.68 bits per heavy atom. The molecule has 0 aliphatic carbocycles. The van der Waals surface area contributed by atoms with E-state index in [4.69, 9.17) is 5.73 Å². The molecule has 1 aromatic rings. The summed E-state index contributed by atoms with van der Waals surface area (Å²) < 4.78 is 23.7. The number of sulfone groups is 1. The number of carbonyl (C=O) groups excluding carboxylic acids is 1. The Bertz CT molecular complexity index is 615. The molecular formula is C12H15BrN2O3S. The number of hydrogen-bond donors (Lipinski definition) is 1. The minimum atomic E-state index is -3.33. The van der Waals surface area contributed by atoms with Crippen molar-refractivity contribution in [2.75, 3.05) is 19.3 Å². The molecule has 0 unspecified atom stereocenters. The van der Waals surface area contributed by atoms with Crippen molar-refractivity contribution in [1.29, 1.82) is 0 Å². The standard InChI is InChI=1S/C12H15BrN2O3S/c1-19(17,18)9-2-3-11(13)10(6-9)12(16)15-5-4-8(14)7-15/h2-3,6,8H,4-5,7,14H2,1H3/t8-/m0/s1. The number of rotatable bonds is 2. The zero-order chi connectivity index (χ0) is 14.2. The van der Waals surface area contributed by atoms with Crippen LogP contribution in [0, 0.1) is 0 Å². The van der Waals surface area contributed by atoms with Gasteiger partial charge in [-0.25, -0.2) is 8.42 Å². The van der Waals surface area contributed by atoms with Crippen LogP contribution >= 0.6 is 15.9 Å². The molecule has 7 heteroatoms. The fourth-order valence-corrected chi connectivity index (χ4v) is 3.10. The van der Waals surface area contributed by atoms with Gasteiger partial charge in [0.2, 0.25) is 0 Å². The van der Waals surface area contributed by atoms with Crippen molar-refractivity contribution in [2.24, 2.45) is 5.73 Å². The molecule has 1 aliphatic rings. The first kappa shape index (κ1) is 14.5. The Kier molecular flexibility index (Phi) is 3.98. The van der Waals surface area contributed by atoms with Crippen molar-refractivity contribution in [3.8, 4) is 0 Å². The molecule has 0 radical (unpaired) electrons. The van der Waals surface area contributed by atoms with Gasteiger partial charge in [0.05, 0.1) is 10.5 Å². The molecule has 19 heavy (non-hydrogen) atoms. The molecule has 1 saturated heterocycles. The molecule has 1 atom stereocenters. The summed E-state index contributed by atoms with van der Waals surface area (Å²) in [7, 11) is -3.33. The predicted octanol–water partition coefficient (Wildman–Crippen LogP) is 1.03. The molecular weight excluding hydrogens is 332 g/mol. The third-order valence-corrected chi connectivity index (χ3v) is 4.91. The third-order valence-electron chi connectivity index (χ3n) is 3.11. The van der Waals surface area contributed by atoms with Crippen molar-refractivity contribution in [3.63, 3.8) is 0 Å². The normalized spacial score (nSPS) is 19.7. The summed E-state index contributed by atoms with van der Waals surface area (Å²) in [6.45, 7) is 1.11. The van der Waals surface area contributed by atoms with Gasteiger partial charge in [-0.2, -0.15) is 0 Å². The highest BCUT2D eigenvalue weighted by Gasteiger charge is 2.26. The number of benzene rings is 1. The first-order valence-electron chi connectivity index (χ1n) is 5.83. The number of amides is 1. The van der Waals surface area contributed by atoms with Gasteiger partial charge in [-0.15, -0.1) is 0 Å². The monoisotopic (exact) mass is 346 g/mol. The second-order valence-corrected chi connectivity index (χ2v) is 7.58. The van der Waals surface area contributed by atoms with Crippen molar-refractivity contribution < 1.29 is 13.2 Å². The second kappa shape index (κ2) is 5.22. The number of nitrogens with zero attached hydrogens (tertiary/aromatic N) is 1. The maximum absolute atomic E-state index is 12.3. The lowest BCUT2D eigenvalue weighted by atomic mass is 10.2. The maximum atomic E-state index is 12.3. The summed E-state index contributed by atoms with van der Waals surface area (Å²) in [5.41, 5.74) is 6.14. The lowest BCUT2D eigenvalue weighted by Crippen LogP contribution is -2.32. The van der Waals surface area contributed by atoms with E-state index in [2.05, 4.69) is 15.9 Å². The van der Waals surface area contributed by atoms with E-state index in [0.717, 1.165) is 12.7 Å². The minimum absolute atomic E-state index is 0.000756. The molecule has 0 spiro atoms. The number of nitrogens with two attached hydrogens (primary N) is 1. The van der Waals surface area contributed by atoms with E-state index in [1.54, 1.807) is 11.0 Å². The van der Waals surface area contributed by atoms with E-state index in [1.807, 2.05) is 0 Å². The molecule has 1 fully saturated rings. The van der Waals surface area contributed by atoms with Crippen LogP contribution in [0.1, 0.15) is 16.8 Å². The molecule has 0 saturated carbocycles. The summed E-state index contributed by atoms with van der Waals surface area (Å²) in [6, 6.07) is 4.47. The van der Waals surface area contributed by atoms with E-state index < -0.39 is 9.84 Å². The van der Waals surface area contributed by atoms with Crippen molar-refractivity contribution in [3.05, 3.63) is 28.2 Å². The average molecular weight is 347 g/mol. The van der Waals surface area contributed by atoms with Crippen LogP contribution in [0.3, 0.4) is 0 Å². The Labute approximate surface area is 120 Å². The SMILES string of the molecule is CS(=O)(=O)c1ccc(Br)c(C(=O)N2CC[C@H](N)C2)c1. The van der Waals surface area contributed by atoms with Crippen LogP contribution in [0.15, 0.2) is 27.6 Å². The van der Waals surface area contributed by atoms with Crippen molar-refractivity contribution >= 4 is 31.7 Å². The molecule has 1 aromatic carbocycles. The van der Waals surface area contributed by atoms with Gasteiger partial charge >= 0.3 is 0 Å². The van der Waals surface area contributed by atoms with E-state index in [1.165, 1.54) is 12.1 Å². The number of halogens is 1. The van der Waals surface area contributed by atoms with Crippen LogP contribution in [0.4, 0.5) is 0 Å². The minimum Gasteiger partial charge on any atom is -0.337 e. The van der Waals surface area contributed by atoms with E-state index in [0.29, 0.717) is 23.1 Å². The van der Waals surface area contributed by atoms with Gasteiger partial charge in [-0.05, 0) is 40.5 Å². The predicted molar refractivity (Wildman–Crippen MR) is 75.7 cm³/mol. The van der Waals surface area contributed by atoms with Crippen LogP contribution < -0.4 is 5.73 Å². The Morgan fingerprint density at radius 2 is 2.16 bits per heavy atom. The zero-order valence-electron chi connectivity index (χ0n) is 10.5. The van der Waals surface area contributed by atoms with Gasteiger partial charge in [0.15, 0.2) is 9.84 Å². The molecule has 0 bridgehead atoms. The number of hydrogen-bond acceptors (Lipinski definition) is 4. The molecule has 5 nitrogen and oxygen atoms in total. The average Bonchev–Trinajstić information content (AvgIpc) is 2.74. The molecule has 104 valence electrons. The molecule has 1 amide bonds. The van der Waals surface area contributed by atoms with Gasteiger partial charge in [-0.1, -0.05) is 0 Å². The number of carbonyl (C=O) groups is 1. The van der Waals surface area contributed by atoms with Gasteiger partial charge in [0.1, 0.15) is 0 Å². The van der Waals surface area contributed by atoms with Crippen molar-refractivity contribution in [2.45, 2.75) is 17.4 Å². The largest absolute Gasteiger partial charge is 0.337 e.